The molecule has 0 atom stereocenters. The van der Waals surface area contributed by atoms with Crippen LogP contribution in [0.4, 0.5) is 0 Å². The van der Waals surface area contributed by atoms with Crippen molar-refractivity contribution in [2.45, 2.75) is 89.5 Å². The van der Waals surface area contributed by atoms with E-state index in [1.54, 1.807) is 0 Å². The van der Waals surface area contributed by atoms with Crippen molar-refractivity contribution in [1.82, 2.24) is 0 Å². The summed E-state index contributed by atoms with van der Waals surface area (Å²) < 4.78 is 0. The smallest absolute Gasteiger partial charge is 0.303 e. The second-order valence-electron chi connectivity index (χ2n) is 5.81. The zero-order valence-electron chi connectivity index (χ0n) is 13.1. The van der Waals surface area contributed by atoms with Crippen LogP contribution in [0.3, 0.4) is 0 Å². The summed E-state index contributed by atoms with van der Waals surface area (Å²) >= 11 is 0. The van der Waals surface area contributed by atoms with Gasteiger partial charge in [0.15, 0.2) is 0 Å². The Bertz CT molecular complexity index is 255. The predicted molar refractivity (Wildman–Crippen MR) is 83.3 cm³/mol. The molecular formula is C16H31NO4. The number of carboxylic acid groups (broad SMARTS) is 2. The normalized spacial score (nSPS) is 15.1. The maximum absolute atomic E-state index is 10.1. The Balaban J connectivity index is 0.000000471. The van der Waals surface area contributed by atoms with E-state index in [1.807, 2.05) is 0 Å². The first-order chi connectivity index (χ1) is 10.0. The zero-order chi connectivity index (χ0) is 15.9. The molecule has 0 aromatic carbocycles. The van der Waals surface area contributed by atoms with Crippen LogP contribution in [0.2, 0.25) is 0 Å². The van der Waals surface area contributed by atoms with E-state index in [1.165, 1.54) is 32.1 Å². The van der Waals surface area contributed by atoms with Gasteiger partial charge in [0.05, 0.1) is 0 Å². The van der Waals surface area contributed by atoms with Gasteiger partial charge in [0.1, 0.15) is 0 Å². The molecule has 0 aliphatic heterocycles. The summed E-state index contributed by atoms with van der Waals surface area (Å²) in [6, 6.07) is 0.536. The molecule has 0 heterocycles. The first-order valence-electron chi connectivity index (χ1n) is 8.21. The first kappa shape index (κ1) is 19.9. The molecule has 4 N–H and O–H groups in total. The van der Waals surface area contributed by atoms with Gasteiger partial charge in [-0.05, 0) is 25.7 Å². The van der Waals surface area contributed by atoms with Crippen LogP contribution in [0.1, 0.15) is 83.5 Å². The molecular weight excluding hydrogens is 270 g/mol. The molecule has 1 aliphatic rings. The summed E-state index contributed by atoms with van der Waals surface area (Å²) in [5.41, 5.74) is 5.63. The zero-order valence-corrected chi connectivity index (χ0v) is 13.1. The Kier molecular flexibility index (Phi) is 13.1. The molecule has 21 heavy (non-hydrogen) atoms. The summed E-state index contributed by atoms with van der Waals surface area (Å²) in [4.78, 5) is 20.3. The van der Waals surface area contributed by atoms with Gasteiger partial charge in [0, 0.05) is 18.9 Å². The molecule has 1 saturated carbocycles. The molecule has 5 nitrogen and oxygen atoms in total. The van der Waals surface area contributed by atoms with Crippen molar-refractivity contribution in [3.63, 3.8) is 0 Å². The van der Waals surface area contributed by atoms with Crippen molar-refractivity contribution in [3.8, 4) is 0 Å². The molecule has 1 fully saturated rings. The third-order valence-corrected chi connectivity index (χ3v) is 3.68. The summed E-state index contributed by atoms with van der Waals surface area (Å²) in [7, 11) is 0. The number of nitrogens with two attached hydrogens (primary N) is 1. The third kappa shape index (κ3) is 16.8. The molecule has 5 heteroatoms. The van der Waals surface area contributed by atoms with Gasteiger partial charge in [0.2, 0.25) is 0 Å². The highest BCUT2D eigenvalue weighted by Crippen LogP contribution is 2.14. The Labute approximate surface area is 127 Å². The molecule has 1 rings (SSSR count). The van der Waals surface area contributed by atoms with Crippen molar-refractivity contribution in [2.75, 3.05) is 0 Å². The fourth-order valence-electron chi connectivity index (χ4n) is 2.39. The Morgan fingerprint density at radius 3 is 1.43 bits per heavy atom. The molecule has 0 bridgehead atoms. The monoisotopic (exact) mass is 301 g/mol. The van der Waals surface area contributed by atoms with Crippen molar-refractivity contribution >= 4 is 11.9 Å². The molecule has 0 aromatic rings. The third-order valence-electron chi connectivity index (χ3n) is 3.68. The van der Waals surface area contributed by atoms with Crippen LogP contribution >= 0.6 is 0 Å². The molecule has 0 radical (unpaired) electrons. The molecule has 124 valence electrons. The van der Waals surface area contributed by atoms with E-state index in [2.05, 4.69) is 0 Å². The second-order valence-corrected chi connectivity index (χ2v) is 5.81. The number of unbranched alkanes of at least 4 members (excludes halogenated alkanes) is 5. The number of rotatable bonds is 9. The molecule has 0 aromatic heterocycles. The van der Waals surface area contributed by atoms with Crippen LogP contribution in [0.5, 0.6) is 0 Å². The highest BCUT2D eigenvalue weighted by atomic mass is 16.4. The van der Waals surface area contributed by atoms with Gasteiger partial charge in [-0.1, -0.05) is 44.9 Å². The lowest BCUT2D eigenvalue weighted by Crippen LogP contribution is -2.22. The summed E-state index contributed by atoms with van der Waals surface area (Å²) in [6.07, 6.45) is 12.5. The quantitative estimate of drug-likeness (QED) is 0.565. The van der Waals surface area contributed by atoms with Crippen LogP contribution in [0, 0.1) is 0 Å². The van der Waals surface area contributed by atoms with Crippen LogP contribution in [-0.4, -0.2) is 28.2 Å². The van der Waals surface area contributed by atoms with E-state index >= 15 is 0 Å². The molecule has 0 unspecified atom stereocenters. The Hall–Kier alpha value is -1.10. The van der Waals surface area contributed by atoms with Crippen molar-refractivity contribution < 1.29 is 19.8 Å². The van der Waals surface area contributed by atoms with E-state index in [-0.39, 0.29) is 12.8 Å². The van der Waals surface area contributed by atoms with Crippen LogP contribution in [0.15, 0.2) is 0 Å². The largest absolute Gasteiger partial charge is 0.481 e. The maximum Gasteiger partial charge on any atom is 0.303 e. The Morgan fingerprint density at radius 2 is 1.14 bits per heavy atom. The molecule has 0 amide bonds. The molecule has 0 saturated heterocycles. The topological polar surface area (TPSA) is 101 Å². The van der Waals surface area contributed by atoms with Gasteiger partial charge in [-0.2, -0.15) is 0 Å². The highest BCUT2D eigenvalue weighted by Gasteiger charge is 2.06. The predicted octanol–water partition coefficient (Wildman–Crippen LogP) is 3.55. The Morgan fingerprint density at radius 1 is 0.762 bits per heavy atom. The average molecular weight is 301 g/mol. The number of carbonyl (C=O) groups is 2. The summed E-state index contributed by atoms with van der Waals surface area (Å²) in [5, 5.41) is 16.7. The van der Waals surface area contributed by atoms with Crippen molar-refractivity contribution in [1.29, 1.82) is 0 Å². The van der Waals surface area contributed by atoms with Gasteiger partial charge in [-0.25, -0.2) is 0 Å². The van der Waals surface area contributed by atoms with E-state index < -0.39 is 11.9 Å². The van der Waals surface area contributed by atoms with Gasteiger partial charge in [0.25, 0.3) is 0 Å². The van der Waals surface area contributed by atoms with Crippen molar-refractivity contribution in [3.05, 3.63) is 0 Å². The van der Waals surface area contributed by atoms with E-state index in [0.717, 1.165) is 38.5 Å². The maximum atomic E-state index is 10.1. The lowest BCUT2D eigenvalue weighted by atomic mass is 9.97. The second kappa shape index (κ2) is 13.9. The van der Waals surface area contributed by atoms with Crippen LogP contribution < -0.4 is 5.73 Å². The lowest BCUT2D eigenvalue weighted by molar-refractivity contribution is -0.138. The van der Waals surface area contributed by atoms with Crippen LogP contribution in [-0.2, 0) is 9.59 Å². The van der Waals surface area contributed by atoms with Gasteiger partial charge in [-0.3, -0.25) is 9.59 Å². The van der Waals surface area contributed by atoms with E-state index in [4.69, 9.17) is 15.9 Å². The van der Waals surface area contributed by atoms with E-state index in [0.29, 0.717) is 6.04 Å². The number of hydrogen-bond acceptors (Lipinski definition) is 3. The number of hydrogen-bond donors (Lipinski definition) is 3. The molecule has 1 aliphatic carbocycles. The summed E-state index contributed by atoms with van der Waals surface area (Å²) in [5.74, 6) is -1.48. The van der Waals surface area contributed by atoms with Gasteiger partial charge < -0.3 is 15.9 Å². The first-order valence-corrected chi connectivity index (χ1v) is 8.21. The van der Waals surface area contributed by atoms with Gasteiger partial charge >= 0.3 is 11.9 Å². The van der Waals surface area contributed by atoms with Gasteiger partial charge in [-0.15, -0.1) is 0 Å². The number of aliphatic carboxylic acids is 2. The minimum Gasteiger partial charge on any atom is -0.481 e. The van der Waals surface area contributed by atoms with Crippen LogP contribution in [0.25, 0.3) is 0 Å². The standard InChI is InChI=1S/C10H18O4.C6H13N/c11-9(12)7-5-3-1-2-4-6-8-10(13)14;7-6-4-2-1-3-5-6/h1-8H2,(H,11,12)(H,13,14);6H,1-5,7H2. The average Bonchev–Trinajstić information content (AvgIpc) is 2.43. The van der Waals surface area contributed by atoms with Crippen molar-refractivity contribution in [2.24, 2.45) is 5.73 Å². The highest BCUT2D eigenvalue weighted by molar-refractivity contribution is 5.66. The minimum atomic E-state index is -0.740. The summed E-state index contributed by atoms with van der Waals surface area (Å²) in [6.45, 7) is 0. The number of carboxylic acids is 2. The van der Waals surface area contributed by atoms with E-state index in [9.17, 15) is 9.59 Å². The fourth-order valence-corrected chi connectivity index (χ4v) is 2.39. The minimum absolute atomic E-state index is 0.245. The SMILES string of the molecule is NC1CCCCC1.O=C(O)CCCCCCCCC(=O)O. The molecule has 0 spiro atoms. The lowest BCUT2D eigenvalue weighted by Gasteiger charge is -2.15. The fraction of sp³-hybridized carbons (Fsp3) is 0.875.